The third kappa shape index (κ3) is 3.28. The molecule has 0 aliphatic rings. The van der Waals surface area contributed by atoms with Crippen molar-refractivity contribution in [3.63, 3.8) is 0 Å². The molecular weight excluding hydrogens is 334 g/mol. The summed E-state index contributed by atoms with van der Waals surface area (Å²) in [5, 5.41) is 8.77. The van der Waals surface area contributed by atoms with Crippen molar-refractivity contribution >= 4 is 31.6 Å². The molecule has 2 aromatic heterocycles. The van der Waals surface area contributed by atoms with Crippen LogP contribution in [0.15, 0.2) is 46.3 Å². The van der Waals surface area contributed by atoms with Gasteiger partial charge in [0.25, 0.3) is 10.0 Å². The molecule has 0 amide bonds. The van der Waals surface area contributed by atoms with Crippen LogP contribution in [0.2, 0.25) is 0 Å². The zero-order valence-electron chi connectivity index (χ0n) is 9.62. The summed E-state index contributed by atoms with van der Waals surface area (Å²) in [6.07, 6.45) is 4.28. The smallest absolute Gasteiger partial charge is 0.279 e. The summed E-state index contributed by atoms with van der Waals surface area (Å²) in [6, 6.07) is 4.37. The van der Waals surface area contributed by atoms with E-state index in [-0.39, 0.29) is 11.6 Å². The Bertz CT molecular complexity index is 674. The van der Waals surface area contributed by atoms with E-state index in [1.54, 1.807) is 0 Å². The summed E-state index contributed by atoms with van der Waals surface area (Å²) in [5.41, 5.74) is 0.923. The highest BCUT2D eigenvalue weighted by atomic mass is 79.9. The van der Waals surface area contributed by atoms with Crippen molar-refractivity contribution in [2.75, 3.05) is 4.72 Å². The normalized spacial score (nSPS) is 11.3. The van der Waals surface area contributed by atoms with E-state index in [2.05, 4.69) is 30.6 Å². The topological polar surface area (TPSA) is 92.2 Å². The summed E-state index contributed by atoms with van der Waals surface area (Å²) < 4.78 is 27.1. The van der Waals surface area contributed by atoms with E-state index in [0.29, 0.717) is 15.7 Å². The van der Waals surface area contributed by atoms with E-state index >= 15 is 0 Å². The average molecular weight is 344 g/mol. The van der Waals surface area contributed by atoms with Crippen molar-refractivity contribution in [2.45, 2.75) is 11.6 Å². The van der Waals surface area contributed by atoms with Gasteiger partial charge in [-0.05, 0) is 33.6 Å². The van der Waals surface area contributed by atoms with Gasteiger partial charge in [-0.25, -0.2) is 4.98 Å². The number of anilines is 1. The Morgan fingerprint density at radius 3 is 2.63 bits per heavy atom. The number of halogens is 1. The van der Waals surface area contributed by atoms with Crippen LogP contribution in [0.25, 0.3) is 0 Å². The first-order valence-electron chi connectivity index (χ1n) is 5.21. The lowest BCUT2D eigenvalue weighted by Crippen LogP contribution is -2.15. The maximum atomic E-state index is 12.1. The second kappa shape index (κ2) is 5.64. The first-order valence-corrected chi connectivity index (χ1v) is 7.48. The van der Waals surface area contributed by atoms with Crippen LogP contribution in [-0.4, -0.2) is 23.5 Å². The van der Waals surface area contributed by atoms with Crippen LogP contribution < -0.4 is 4.72 Å². The van der Waals surface area contributed by atoms with E-state index in [9.17, 15) is 8.42 Å². The lowest BCUT2D eigenvalue weighted by Gasteiger charge is -2.08. The summed E-state index contributed by atoms with van der Waals surface area (Å²) in [7, 11) is -3.76. The number of hydrogen-bond donors (Lipinski definition) is 2. The molecule has 2 rings (SSSR count). The number of pyridine rings is 2. The zero-order valence-corrected chi connectivity index (χ0v) is 12.0. The second-order valence-electron chi connectivity index (χ2n) is 3.62. The van der Waals surface area contributed by atoms with Gasteiger partial charge in [0.2, 0.25) is 0 Å². The van der Waals surface area contributed by atoms with Crippen molar-refractivity contribution in [1.82, 2.24) is 9.97 Å². The first kappa shape index (κ1) is 13.9. The minimum absolute atomic E-state index is 0.117. The average Bonchev–Trinajstić information content (AvgIpc) is 2.41. The van der Waals surface area contributed by atoms with Crippen molar-refractivity contribution in [1.29, 1.82) is 0 Å². The predicted molar refractivity (Wildman–Crippen MR) is 72.9 cm³/mol. The maximum absolute atomic E-state index is 12.1. The van der Waals surface area contributed by atoms with Gasteiger partial charge < -0.3 is 5.11 Å². The number of nitrogens with zero attached hydrogens (tertiary/aromatic N) is 2. The molecule has 2 N–H and O–H groups in total. The quantitative estimate of drug-likeness (QED) is 0.878. The first-order chi connectivity index (χ1) is 9.03. The van der Waals surface area contributed by atoms with Gasteiger partial charge in [0.1, 0.15) is 0 Å². The molecule has 0 aromatic carbocycles. The molecule has 8 heteroatoms. The summed E-state index contributed by atoms with van der Waals surface area (Å²) >= 11 is 3.20. The van der Waals surface area contributed by atoms with E-state index in [0.717, 1.165) is 0 Å². The molecule has 0 atom stereocenters. The molecule has 0 spiro atoms. The van der Waals surface area contributed by atoms with Gasteiger partial charge in [-0.3, -0.25) is 9.71 Å². The number of aliphatic hydroxyl groups is 1. The van der Waals surface area contributed by atoms with Crippen LogP contribution in [0, 0.1) is 0 Å². The highest BCUT2D eigenvalue weighted by Crippen LogP contribution is 2.22. The van der Waals surface area contributed by atoms with E-state index in [4.69, 9.17) is 5.11 Å². The fourth-order valence-corrected chi connectivity index (χ4v) is 2.81. The van der Waals surface area contributed by atoms with Gasteiger partial charge in [-0.15, -0.1) is 0 Å². The molecule has 0 radical (unpaired) electrons. The number of hydrogen-bond acceptors (Lipinski definition) is 5. The Balaban J connectivity index is 2.30. The Kier molecular flexibility index (Phi) is 4.13. The Hall–Kier alpha value is -1.51. The highest BCUT2D eigenvalue weighted by Gasteiger charge is 2.16. The third-order valence-electron chi connectivity index (χ3n) is 2.27. The molecule has 0 aliphatic carbocycles. The summed E-state index contributed by atoms with van der Waals surface area (Å²) in [4.78, 5) is 7.65. The van der Waals surface area contributed by atoms with E-state index < -0.39 is 10.0 Å². The molecule has 2 aromatic rings. The van der Waals surface area contributed by atoms with Crippen LogP contribution in [0.5, 0.6) is 0 Å². The van der Waals surface area contributed by atoms with Crippen LogP contribution >= 0.6 is 15.9 Å². The molecular formula is C11H10BrN3O3S. The Morgan fingerprint density at radius 2 is 2.05 bits per heavy atom. The lowest BCUT2D eigenvalue weighted by atomic mass is 10.3. The van der Waals surface area contributed by atoms with Gasteiger partial charge in [0.15, 0.2) is 5.03 Å². The van der Waals surface area contributed by atoms with Crippen molar-refractivity contribution in [3.8, 4) is 0 Å². The molecule has 2 heterocycles. The number of aromatic nitrogens is 2. The predicted octanol–water partition coefficient (Wildman–Crippen LogP) is 1.53. The van der Waals surface area contributed by atoms with Crippen LogP contribution in [-0.2, 0) is 16.6 Å². The van der Waals surface area contributed by atoms with Crippen molar-refractivity contribution < 1.29 is 13.5 Å². The fourth-order valence-electron chi connectivity index (χ4n) is 1.32. The third-order valence-corrected chi connectivity index (χ3v) is 4.18. The number of nitrogens with one attached hydrogen (secondary N) is 1. The fraction of sp³-hybridized carbons (Fsp3) is 0.0909. The SMILES string of the molecule is O=S(=O)(Nc1ccncc1Br)c1ccc(CO)cn1. The molecule has 100 valence electrons. The Labute approximate surface area is 118 Å². The molecule has 0 fully saturated rings. The molecule has 0 aliphatic heterocycles. The number of sulfonamides is 1. The molecule has 0 saturated carbocycles. The second-order valence-corrected chi connectivity index (χ2v) is 6.11. The molecule has 0 bridgehead atoms. The van der Waals surface area contributed by atoms with Crippen LogP contribution in [0.4, 0.5) is 5.69 Å². The van der Waals surface area contributed by atoms with Crippen LogP contribution in [0.3, 0.4) is 0 Å². The molecule has 0 unspecified atom stereocenters. The van der Waals surface area contributed by atoms with Crippen molar-refractivity contribution in [3.05, 3.63) is 46.8 Å². The number of rotatable bonds is 4. The monoisotopic (exact) mass is 343 g/mol. The zero-order chi connectivity index (χ0) is 13.9. The minimum Gasteiger partial charge on any atom is -0.392 e. The molecule has 6 nitrogen and oxygen atoms in total. The Morgan fingerprint density at radius 1 is 1.26 bits per heavy atom. The van der Waals surface area contributed by atoms with Gasteiger partial charge in [0.05, 0.1) is 16.8 Å². The van der Waals surface area contributed by atoms with Crippen LogP contribution in [0.1, 0.15) is 5.56 Å². The van der Waals surface area contributed by atoms with E-state index in [1.807, 2.05) is 0 Å². The van der Waals surface area contributed by atoms with Gasteiger partial charge in [0, 0.05) is 18.6 Å². The lowest BCUT2D eigenvalue weighted by molar-refractivity contribution is 0.281. The molecule has 19 heavy (non-hydrogen) atoms. The summed E-state index contributed by atoms with van der Waals surface area (Å²) in [5.74, 6) is 0. The highest BCUT2D eigenvalue weighted by molar-refractivity contribution is 9.10. The maximum Gasteiger partial charge on any atom is 0.279 e. The van der Waals surface area contributed by atoms with Gasteiger partial charge >= 0.3 is 0 Å². The largest absolute Gasteiger partial charge is 0.392 e. The molecule has 0 saturated heterocycles. The standard InChI is InChI=1S/C11H10BrN3O3S/c12-9-6-13-4-3-10(9)15-19(17,18)11-2-1-8(7-16)5-14-11/h1-6,16H,7H2,(H,13,15). The van der Waals surface area contributed by atoms with Gasteiger partial charge in [-0.1, -0.05) is 6.07 Å². The van der Waals surface area contributed by atoms with Crippen molar-refractivity contribution in [2.24, 2.45) is 0 Å². The number of aliphatic hydroxyl groups excluding tert-OH is 1. The minimum atomic E-state index is -3.76. The van der Waals surface area contributed by atoms with E-state index in [1.165, 1.54) is 36.8 Å². The van der Waals surface area contributed by atoms with Gasteiger partial charge in [-0.2, -0.15) is 8.42 Å². The summed E-state index contributed by atoms with van der Waals surface area (Å²) in [6.45, 7) is -0.184.